The van der Waals surface area contributed by atoms with Gasteiger partial charge in [0.05, 0.1) is 5.92 Å². The van der Waals surface area contributed by atoms with Crippen molar-refractivity contribution in [1.29, 1.82) is 0 Å². The SMILES string of the molecule is Cc1cc(C)cc(C(=O)N2CCCC(C(=O)Nc3cc(Cl)ccc3C)C2)c1. The number of piperidine rings is 1. The third-order valence-corrected chi connectivity index (χ3v) is 5.24. The van der Waals surface area contributed by atoms with Gasteiger partial charge in [-0.25, -0.2) is 0 Å². The number of benzene rings is 2. The molecule has 27 heavy (non-hydrogen) atoms. The number of nitrogens with one attached hydrogen (secondary N) is 1. The molecule has 1 aliphatic rings. The molecule has 2 amide bonds. The number of hydrogen-bond donors (Lipinski definition) is 1. The molecule has 0 radical (unpaired) electrons. The summed E-state index contributed by atoms with van der Waals surface area (Å²) in [7, 11) is 0. The van der Waals surface area contributed by atoms with E-state index in [1.54, 1.807) is 17.0 Å². The molecule has 1 aliphatic heterocycles. The highest BCUT2D eigenvalue weighted by Gasteiger charge is 2.29. The van der Waals surface area contributed by atoms with E-state index in [1.165, 1.54) is 0 Å². The Morgan fingerprint density at radius 3 is 2.48 bits per heavy atom. The fourth-order valence-electron chi connectivity index (χ4n) is 3.62. The summed E-state index contributed by atoms with van der Waals surface area (Å²) in [5, 5.41) is 3.57. The van der Waals surface area contributed by atoms with Crippen molar-refractivity contribution in [3.63, 3.8) is 0 Å². The summed E-state index contributed by atoms with van der Waals surface area (Å²) >= 11 is 6.04. The van der Waals surface area contributed by atoms with E-state index < -0.39 is 0 Å². The van der Waals surface area contributed by atoms with Crippen molar-refractivity contribution in [3.8, 4) is 0 Å². The van der Waals surface area contributed by atoms with Gasteiger partial charge in [0.25, 0.3) is 5.91 Å². The number of aryl methyl sites for hydroxylation is 3. The first-order chi connectivity index (χ1) is 12.8. The Kier molecular flexibility index (Phi) is 5.85. The summed E-state index contributed by atoms with van der Waals surface area (Å²) < 4.78 is 0. The number of nitrogens with zero attached hydrogens (tertiary/aromatic N) is 1. The minimum absolute atomic E-state index is 0.00163. The van der Waals surface area contributed by atoms with E-state index in [2.05, 4.69) is 11.4 Å². The topological polar surface area (TPSA) is 49.4 Å². The zero-order valence-corrected chi connectivity index (χ0v) is 16.8. The molecule has 1 fully saturated rings. The molecule has 1 unspecified atom stereocenters. The molecule has 2 aromatic rings. The molecule has 0 bridgehead atoms. The van der Waals surface area contributed by atoms with Gasteiger partial charge in [-0.2, -0.15) is 0 Å². The van der Waals surface area contributed by atoms with E-state index in [9.17, 15) is 9.59 Å². The van der Waals surface area contributed by atoms with Crippen LogP contribution in [0.25, 0.3) is 0 Å². The number of carbonyl (C=O) groups is 2. The maximum absolute atomic E-state index is 12.9. The monoisotopic (exact) mass is 384 g/mol. The minimum Gasteiger partial charge on any atom is -0.338 e. The Morgan fingerprint density at radius 1 is 1.07 bits per heavy atom. The van der Waals surface area contributed by atoms with Crippen molar-refractivity contribution in [3.05, 3.63) is 63.7 Å². The van der Waals surface area contributed by atoms with E-state index in [0.717, 1.165) is 35.2 Å². The minimum atomic E-state index is -0.216. The Hall–Kier alpha value is -2.33. The largest absolute Gasteiger partial charge is 0.338 e. The van der Waals surface area contributed by atoms with E-state index in [1.807, 2.05) is 39.0 Å². The maximum Gasteiger partial charge on any atom is 0.253 e. The first kappa shape index (κ1) is 19.4. The van der Waals surface area contributed by atoms with Gasteiger partial charge >= 0.3 is 0 Å². The molecule has 1 heterocycles. The Bertz CT molecular complexity index is 858. The average Bonchev–Trinajstić information content (AvgIpc) is 2.63. The molecule has 0 spiro atoms. The second-order valence-corrected chi connectivity index (χ2v) is 7.85. The van der Waals surface area contributed by atoms with Crippen LogP contribution in [0, 0.1) is 26.7 Å². The van der Waals surface area contributed by atoms with Crippen molar-refractivity contribution in [2.75, 3.05) is 18.4 Å². The molecule has 0 aliphatic carbocycles. The van der Waals surface area contributed by atoms with Crippen LogP contribution in [0.15, 0.2) is 36.4 Å². The first-order valence-corrected chi connectivity index (χ1v) is 9.66. The van der Waals surface area contributed by atoms with Gasteiger partial charge in [0.15, 0.2) is 0 Å². The van der Waals surface area contributed by atoms with Gasteiger partial charge in [-0.05, 0) is 63.4 Å². The van der Waals surface area contributed by atoms with Gasteiger partial charge < -0.3 is 10.2 Å². The quantitative estimate of drug-likeness (QED) is 0.829. The van der Waals surface area contributed by atoms with Crippen LogP contribution in [0.5, 0.6) is 0 Å². The van der Waals surface area contributed by atoms with Crippen LogP contribution in [0.3, 0.4) is 0 Å². The predicted octanol–water partition coefficient (Wildman–Crippen LogP) is 4.76. The fourth-order valence-corrected chi connectivity index (χ4v) is 3.79. The Balaban J connectivity index is 1.70. The summed E-state index contributed by atoms with van der Waals surface area (Å²) in [6.45, 7) is 7.04. The standard InChI is InChI=1S/C22H25ClN2O2/c1-14-9-15(2)11-18(10-14)22(27)25-8-4-5-17(13-25)21(26)24-20-12-19(23)7-6-16(20)3/h6-7,9-12,17H,4-5,8,13H2,1-3H3,(H,24,26). The van der Waals surface area contributed by atoms with Gasteiger partial charge in [0.1, 0.15) is 0 Å². The Labute approximate surface area is 165 Å². The molecule has 1 N–H and O–H groups in total. The molecule has 1 saturated heterocycles. The molecule has 5 heteroatoms. The number of anilines is 1. The number of rotatable bonds is 3. The zero-order valence-electron chi connectivity index (χ0n) is 16.0. The summed E-state index contributed by atoms with van der Waals surface area (Å²) in [4.78, 5) is 27.5. The van der Waals surface area contributed by atoms with Gasteiger partial charge in [-0.3, -0.25) is 9.59 Å². The first-order valence-electron chi connectivity index (χ1n) is 9.28. The lowest BCUT2D eigenvalue weighted by molar-refractivity contribution is -0.121. The fraction of sp³-hybridized carbons (Fsp3) is 0.364. The second kappa shape index (κ2) is 8.13. The van der Waals surface area contributed by atoms with Crippen LogP contribution < -0.4 is 5.32 Å². The van der Waals surface area contributed by atoms with E-state index in [4.69, 9.17) is 11.6 Å². The molecule has 3 rings (SSSR count). The summed E-state index contributed by atoms with van der Waals surface area (Å²) in [5.74, 6) is -0.275. The van der Waals surface area contributed by atoms with Crippen LogP contribution in [0.1, 0.15) is 39.9 Å². The molecular formula is C22H25ClN2O2. The van der Waals surface area contributed by atoms with Crippen molar-refractivity contribution in [1.82, 2.24) is 4.90 Å². The van der Waals surface area contributed by atoms with Gasteiger partial charge in [0.2, 0.25) is 5.91 Å². The van der Waals surface area contributed by atoms with Crippen LogP contribution in [0.2, 0.25) is 5.02 Å². The normalized spacial score (nSPS) is 16.9. The lowest BCUT2D eigenvalue weighted by Gasteiger charge is -2.32. The third-order valence-electron chi connectivity index (χ3n) is 5.01. The van der Waals surface area contributed by atoms with Crippen molar-refractivity contribution in [2.24, 2.45) is 5.92 Å². The summed E-state index contributed by atoms with van der Waals surface area (Å²) in [6.07, 6.45) is 1.60. The van der Waals surface area contributed by atoms with Gasteiger partial charge in [-0.15, -0.1) is 0 Å². The Morgan fingerprint density at radius 2 is 1.78 bits per heavy atom. The van der Waals surface area contributed by atoms with Crippen LogP contribution in [-0.2, 0) is 4.79 Å². The molecule has 142 valence electrons. The van der Waals surface area contributed by atoms with Gasteiger partial charge in [-0.1, -0.05) is 34.9 Å². The summed E-state index contributed by atoms with van der Waals surface area (Å²) in [6, 6.07) is 11.3. The summed E-state index contributed by atoms with van der Waals surface area (Å²) in [5.41, 5.74) is 4.53. The highest BCUT2D eigenvalue weighted by Crippen LogP contribution is 2.24. The average molecular weight is 385 g/mol. The highest BCUT2D eigenvalue weighted by molar-refractivity contribution is 6.31. The predicted molar refractivity (Wildman–Crippen MR) is 109 cm³/mol. The van der Waals surface area contributed by atoms with E-state index >= 15 is 0 Å². The van der Waals surface area contributed by atoms with Crippen molar-refractivity contribution >= 4 is 29.1 Å². The zero-order chi connectivity index (χ0) is 19.6. The lowest BCUT2D eigenvalue weighted by Crippen LogP contribution is -2.43. The molecule has 0 aromatic heterocycles. The number of hydrogen-bond acceptors (Lipinski definition) is 2. The number of halogens is 1. The molecular weight excluding hydrogens is 360 g/mol. The molecule has 2 aromatic carbocycles. The number of carbonyl (C=O) groups excluding carboxylic acids is 2. The maximum atomic E-state index is 12.9. The highest BCUT2D eigenvalue weighted by atomic mass is 35.5. The number of likely N-dealkylation sites (tertiary alicyclic amines) is 1. The smallest absolute Gasteiger partial charge is 0.253 e. The van der Waals surface area contributed by atoms with Crippen LogP contribution >= 0.6 is 11.6 Å². The molecule has 1 atom stereocenters. The second-order valence-electron chi connectivity index (χ2n) is 7.42. The van der Waals surface area contributed by atoms with E-state index in [-0.39, 0.29) is 17.7 Å². The third kappa shape index (κ3) is 4.69. The van der Waals surface area contributed by atoms with Gasteiger partial charge in [0, 0.05) is 29.4 Å². The molecule has 4 nitrogen and oxygen atoms in total. The lowest BCUT2D eigenvalue weighted by atomic mass is 9.95. The van der Waals surface area contributed by atoms with Crippen LogP contribution in [-0.4, -0.2) is 29.8 Å². The van der Waals surface area contributed by atoms with Crippen molar-refractivity contribution in [2.45, 2.75) is 33.6 Å². The van der Waals surface area contributed by atoms with Crippen LogP contribution in [0.4, 0.5) is 5.69 Å². The molecule has 0 saturated carbocycles. The van der Waals surface area contributed by atoms with Crippen molar-refractivity contribution < 1.29 is 9.59 Å². The number of amides is 2. The van der Waals surface area contributed by atoms with E-state index in [0.29, 0.717) is 23.7 Å².